The highest BCUT2D eigenvalue weighted by atomic mass is 35.5. The van der Waals surface area contributed by atoms with Crippen molar-refractivity contribution >= 4 is 30.7 Å². The SMILES string of the molecule is Cl.Cl.O=C(NC1C2CNCC21)c1ccc(C(F)(F)F)cn1. The van der Waals surface area contributed by atoms with Gasteiger partial charge in [-0.05, 0) is 24.0 Å². The van der Waals surface area contributed by atoms with Gasteiger partial charge in [0.25, 0.3) is 5.91 Å². The summed E-state index contributed by atoms with van der Waals surface area (Å²) < 4.78 is 37.0. The molecule has 2 aliphatic rings. The normalized spacial score (nSPS) is 26.1. The van der Waals surface area contributed by atoms with Gasteiger partial charge in [-0.3, -0.25) is 9.78 Å². The molecule has 3 rings (SSSR count). The minimum absolute atomic E-state index is 0. The molecule has 0 bridgehead atoms. The Morgan fingerprint density at radius 2 is 1.86 bits per heavy atom. The molecule has 9 heteroatoms. The lowest BCUT2D eigenvalue weighted by atomic mass is 10.2. The highest BCUT2D eigenvalue weighted by Crippen LogP contribution is 2.41. The van der Waals surface area contributed by atoms with E-state index in [0.29, 0.717) is 18.0 Å². The summed E-state index contributed by atoms with van der Waals surface area (Å²) >= 11 is 0. The van der Waals surface area contributed by atoms with E-state index < -0.39 is 17.6 Å². The number of hydrogen-bond acceptors (Lipinski definition) is 3. The first kappa shape index (κ1) is 18.0. The predicted octanol–water partition coefficient (Wildman–Crippen LogP) is 1.89. The van der Waals surface area contributed by atoms with E-state index in [1.807, 2.05) is 0 Å². The zero-order valence-corrected chi connectivity index (χ0v) is 12.3. The summed E-state index contributed by atoms with van der Waals surface area (Å²) in [5.41, 5.74) is -0.831. The third-order valence-corrected chi connectivity index (χ3v) is 3.71. The maximum atomic E-state index is 12.3. The molecule has 21 heavy (non-hydrogen) atoms. The van der Waals surface area contributed by atoms with Crippen molar-refractivity contribution in [3.8, 4) is 0 Å². The quantitative estimate of drug-likeness (QED) is 0.862. The Kier molecular flexibility index (Phi) is 5.46. The van der Waals surface area contributed by atoms with Crippen LogP contribution in [0.15, 0.2) is 18.3 Å². The number of piperidine rings is 1. The molecule has 4 nitrogen and oxygen atoms in total. The maximum Gasteiger partial charge on any atom is 0.417 e. The fourth-order valence-electron chi connectivity index (χ4n) is 2.55. The van der Waals surface area contributed by atoms with E-state index in [2.05, 4.69) is 15.6 Å². The molecule has 0 spiro atoms. The topological polar surface area (TPSA) is 54.0 Å². The lowest BCUT2D eigenvalue weighted by molar-refractivity contribution is -0.137. The molecule has 1 saturated carbocycles. The lowest BCUT2D eigenvalue weighted by Crippen LogP contribution is -2.33. The third-order valence-electron chi connectivity index (χ3n) is 3.71. The standard InChI is InChI=1S/C12H12F3N3O.2ClH/c13-12(14,15)6-1-2-9(17-3-6)11(19)18-10-7-4-16-5-8(7)10;;/h1-3,7-8,10,16H,4-5H2,(H,18,19);2*1H. The van der Waals surface area contributed by atoms with Gasteiger partial charge in [-0.25, -0.2) is 0 Å². The van der Waals surface area contributed by atoms with Crippen LogP contribution in [0.25, 0.3) is 0 Å². The Balaban J connectivity index is 0.00000110. The molecule has 1 aromatic rings. The predicted molar refractivity (Wildman–Crippen MR) is 74.8 cm³/mol. The smallest absolute Gasteiger partial charge is 0.347 e. The number of rotatable bonds is 2. The molecule has 2 unspecified atom stereocenters. The van der Waals surface area contributed by atoms with Gasteiger partial charge < -0.3 is 10.6 Å². The van der Waals surface area contributed by atoms with Crippen LogP contribution in [0.3, 0.4) is 0 Å². The number of carbonyl (C=O) groups is 1. The van der Waals surface area contributed by atoms with Gasteiger partial charge in [0.15, 0.2) is 0 Å². The van der Waals surface area contributed by atoms with Gasteiger partial charge >= 0.3 is 6.18 Å². The number of aromatic nitrogens is 1. The molecule has 2 heterocycles. The van der Waals surface area contributed by atoms with Crippen molar-refractivity contribution in [2.45, 2.75) is 12.2 Å². The van der Waals surface area contributed by atoms with Gasteiger partial charge in [-0.15, -0.1) is 24.8 Å². The first-order chi connectivity index (χ1) is 8.97. The van der Waals surface area contributed by atoms with E-state index in [9.17, 15) is 18.0 Å². The number of amides is 1. The summed E-state index contributed by atoms with van der Waals surface area (Å²) in [6.07, 6.45) is -3.74. The number of pyridine rings is 1. The van der Waals surface area contributed by atoms with Crippen molar-refractivity contribution in [3.63, 3.8) is 0 Å². The Bertz CT molecular complexity index is 499. The monoisotopic (exact) mass is 343 g/mol. The zero-order valence-electron chi connectivity index (χ0n) is 10.7. The number of nitrogens with zero attached hydrogens (tertiary/aromatic N) is 1. The Morgan fingerprint density at radius 1 is 1.24 bits per heavy atom. The van der Waals surface area contributed by atoms with Gasteiger partial charge in [0.05, 0.1) is 5.56 Å². The van der Waals surface area contributed by atoms with Crippen LogP contribution in [0.4, 0.5) is 13.2 Å². The van der Waals surface area contributed by atoms with Gasteiger partial charge in [0, 0.05) is 25.3 Å². The molecule has 0 radical (unpaired) electrons. The molecular formula is C12H14Cl2F3N3O. The Hall–Kier alpha value is -1.05. The fourth-order valence-corrected chi connectivity index (χ4v) is 2.55. The van der Waals surface area contributed by atoms with Crippen LogP contribution in [0.2, 0.25) is 0 Å². The van der Waals surface area contributed by atoms with E-state index in [4.69, 9.17) is 0 Å². The maximum absolute atomic E-state index is 12.3. The summed E-state index contributed by atoms with van der Waals surface area (Å²) in [4.78, 5) is 15.4. The molecule has 1 amide bonds. The number of fused-ring (bicyclic) bond motifs is 1. The fraction of sp³-hybridized carbons (Fsp3) is 0.500. The second-order valence-electron chi connectivity index (χ2n) is 4.92. The highest BCUT2D eigenvalue weighted by molar-refractivity contribution is 5.92. The number of hydrogen-bond donors (Lipinski definition) is 2. The van der Waals surface area contributed by atoms with Crippen LogP contribution >= 0.6 is 24.8 Å². The molecule has 2 fully saturated rings. The van der Waals surface area contributed by atoms with Crippen molar-refractivity contribution in [2.24, 2.45) is 11.8 Å². The van der Waals surface area contributed by atoms with Crippen molar-refractivity contribution in [1.29, 1.82) is 0 Å². The molecule has 0 aromatic carbocycles. The van der Waals surface area contributed by atoms with E-state index in [-0.39, 0.29) is 36.5 Å². The number of alkyl halides is 3. The van der Waals surface area contributed by atoms with Crippen molar-refractivity contribution in [1.82, 2.24) is 15.6 Å². The highest BCUT2D eigenvalue weighted by Gasteiger charge is 2.53. The number of halogens is 5. The molecule has 1 aromatic heterocycles. The van der Waals surface area contributed by atoms with Crippen LogP contribution in [0, 0.1) is 11.8 Å². The molecule has 2 N–H and O–H groups in total. The third kappa shape index (κ3) is 3.59. The number of carbonyl (C=O) groups excluding carboxylic acids is 1. The van der Waals surface area contributed by atoms with Crippen molar-refractivity contribution in [2.75, 3.05) is 13.1 Å². The average Bonchev–Trinajstić information content (AvgIpc) is 2.81. The summed E-state index contributed by atoms with van der Waals surface area (Å²) in [5, 5.41) is 6.00. The van der Waals surface area contributed by atoms with E-state index in [1.54, 1.807) is 0 Å². The molecule has 118 valence electrons. The second-order valence-corrected chi connectivity index (χ2v) is 4.92. The van der Waals surface area contributed by atoms with Gasteiger partial charge in [-0.2, -0.15) is 13.2 Å². The largest absolute Gasteiger partial charge is 0.417 e. The minimum Gasteiger partial charge on any atom is -0.347 e. The van der Waals surface area contributed by atoms with Crippen LogP contribution in [-0.2, 0) is 6.18 Å². The lowest BCUT2D eigenvalue weighted by Gasteiger charge is -2.09. The van der Waals surface area contributed by atoms with Crippen LogP contribution in [-0.4, -0.2) is 30.0 Å². The van der Waals surface area contributed by atoms with Crippen LogP contribution in [0.1, 0.15) is 16.1 Å². The van der Waals surface area contributed by atoms with Crippen molar-refractivity contribution in [3.05, 3.63) is 29.6 Å². The van der Waals surface area contributed by atoms with E-state index in [1.165, 1.54) is 0 Å². The first-order valence-electron chi connectivity index (χ1n) is 6.01. The van der Waals surface area contributed by atoms with Crippen LogP contribution in [0.5, 0.6) is 0 Å². The second kappa shape index (κ2) is 6.37. The molecule has 2 atom stereocenters. The summed E-state index contributed by atoms with van der Waals surface area (Å²) in [5.74, 6) is 0.505. The Morgan fingerprint density at radius 3 is 2.33 bits per heavy atom. The molecular weight excluding hydrogens is 330 g/mol. The van der Waals surface area contributed by atoms with Crippen molar-refractivity contribution < 1.29 is 18.0 Å². The molecule has 1 aliphatic carbocycles. The first-order valence-corrected chi connectivity index (χ1v) is 6.01. The van der Waals surface area contributed by atoms with Gasteiger partial charge in [0.1, 0.15) is 5.69 Å². The Labute approximate surface area is 131 Å². The summed E-state index contributed by atoms with van der Waals surface area (Å²) in [6, 6.07) is 2.11. The minimum atomic E-state index is -4.43. The van der Waals surface area contributed by atoms with E-state index >= 15 is 0 Å². The average molecular weight is 344 g/mol. The molecule has 1 aliphatic heterocycles. The van der Waals surface area contributed by atoms with E-state index in [0.717, 1.165) is 25.2 Å². The zero-order chi connectivity index (χ0) is 13.6. The van der Waals surface area contributed by atoms with Crippen LogP contribution < -0.4 is 10.6 Å². The summed E-state index contributed by atoms with van der Waals surface area (Å²) in [6.45, 7) is 1.77. The van der Waals surface area contributed by atoms with Gasteiger partial charge in [0.2, 0.25) is 0 Å². The number of nitrogens with one attached hydrogen (secondary N) is 2. The van der Waals surface area contributed by atoms with Gasteiger partial charge in [-0.1, -0.05) is 0 Å². The summed E-state index contributed by atoms with van der Waals surface area (Å²) in [7, 11) is 0. The molecule has 1 saturated heterocycles.